The molecule has 1 aliphatic rings. The van der Waals surface area contributed by atoms with Crippen LogP contribution in [0.15, 0.2) is 12.1 Å². The van der Waals surface area contributed by atoms with E-state index in [0.29, 0.717) is 31.8 Å². The van der Waals surface area contributed by atoms with E-state index in [1.807, 2.05) is 26.0 Å². The quantitative estimate of drug-likeness (QED) is 0.911. The highest BCUT2D eigenvalue weighted by Crippen LogP contribution is 2.43. The standard InChI is InChI=1S/C15H20O4/c1-10-4-5-11(2)13(18-3)12(10)15(14(16)17)6-8-19-9-7-15/h4-5H,6-9H2,1-3H3,(H,16,17). The smallest absolute Gasteiger partial charge is 0.314 e. The van der Waals surface area contributed by atoms with Crippen LogP contribution in [-0.2, 0) is 14.9 Å². The highest BCUT2D eigenvalue weighted by molar-refractivity contribution is 5.83. The van der Waals surface area contributed by atoms with Gasteiger partial charge in [0.25, 0.3) is 0 Å². The maximum Gasteiger partial charge on any atom is 0.314 e. The van der Waals surface area contributed by atoms with Crippen molar-refractivity contribution in [3.8, 4) is 5.75 Å². The van der Waals surface area contributed by atoms with Crippen LogP contribution in [0.25, 0.3) is 0 Å². The van der Waals surface area contributed by atoms with Crippen LogP contribution in [0.2, 0.25) is 0 Å². The number of aliphatic carboxylic acids is 1. The van der Waals surface area contributed by atoms with Crippen LogP contribution in [0, 0.1) is 13.8 Å². The maximum atomic E-state index is 11.9. The Kier molecular flexibility index (Phi) is 3.80. The minimum absolute atomic E-state index is 0.475. The van der Waals surface area contributed by atoms with E-state index in [4.69, 9.17) is 9.47 Å². The number of carbonyl (C=O) groups is 1. The summed E-state index contributed by atoms with van der Waals surface area (Å²) < 4.78 is 10.8. The van der Waals surface area contributed by atoms with Crippen molar-refractivity contribution in [2.24, 2.45) is 0 Å². The van der Waals surface area contributed by atoms with Gasteiger partial charge >= 0.3 is 5.97 Å². The molecule has 1 aliphatic heterocycles. The van der Waals surface area contributed by atoms with E-state index in [1.165, 1.54) is 0 Å². The molecular formula is C15H20O4. The Bertz CT molecular complexity index is 487. The summed E-state index contributed by atoms with van der Waals surface area (Å²) in [4.78, 5) is 11.9. The van der Waals surface area contributed by atoms with Crippen molar-refractivity contribution in [3.63, 3.8) is 0 Å². The Morgan fingerprint density at radius 1 is 1.26 bits per heavy atom. The molecule has 0 saturated carbocycles. The zero-order chi connectivity index (χ0) is 14.0. The topological polar surface area (TPSA) is 55.8 Å². The second-order valence-corrected chi connectivity index (χ2v) is 5.11. The molecule has 1 N–H and O–H groups in total. The molecule has 0 aromatic heterocycles. The average molecular weight is 264 g/mol. The molecule has 19 heavy (non-hydrogen) atoms. The van der Waals surface area contributed by atoms with Crippen molar-refractivity contribution in [1.82, 2.24) is 0 Å². The van der Waals surface area contributed by atoms with Crippen molar-refractivity contribution in [1.29, 1.82) is 0 Å². The molecule has 1 fully saturated rings. The maximum absolute atomic E-state index is 11.9. The van der Waals surface area contributed by atoms with Gasteiger partial charge < -0.3 is 14.6 Å². The molecule has 0 bridgehead atoms. The second-order valence-electron chi connectivity index (χ2n) is 5.11. The second kappa shape index (κ2) is 5.21. The molecule has 1 aromatic rings. The molecule has 0 aliphatic carbocycles. The van der Waals surface area contributed by atoms with E-state index < -0.39 is 11.4 Å². The van der Waals surface area contributed by atoms with Crippen LogP contribution in [0.3, 0.4) is 0 Å². The molecule has 0 spiro atoms. The van der Waals surface area contributed by atoms with Gasteiger partial charge in [0.15, 0.2) is 0 Å². The molecule has 1 heterocycles. The van der Waals surface area contributed by atoms with Crippen LogP contribution >= 0.6 is 0 Å². The number of aryl methyl sites for hydroxylation is 2. The van der Waals surface area contributed by atoms with Gasteiger partial charge in [-0.2, -0.15) is 0 Å². The lowest BCUT2D eigenvalue weighted by atomic mass is 9.71. The van der Waals surface area contributed by atoms with Gasteiger partial charge in [-0.1, -0.05) is 12.1 Å². The van der Waals surface area contributed by atoms with E-state index in [9.17, 15) is 9.90 Å². The zero-order valence-electron chi connectivity index (χ0n) is 11.7. The molecule has 0 radical (unpaired) electrons. The highest BCUT2D eigenvalue weighted by atomic mass is 16.5. The molecule has 4 heteroatoms. The fourth-order valence-corrected chi connectivity index (χ4v) is 2.93. The first-order chi connectivity index (χ1) is 9.03. The Balaban J connectivity index is 2.66. The van der Waals surface area contributed by atoms with E-state index in [1.54, 1.807) is 7.11 Å². The van der Waals surface area contributed by atoms with E-state index >= 15 is 0 Å². The number of hydrogen-bond donors (Lipinski definition) is 1. The minimum Gasteiger partial charge on any atom is -0.496 e. The first-order valence-electron chi connectivity index (χ1n) is 6.49. The van der Waals surface area contributed by atoms with Crippen molar-refractivity contribution in [2.75, 3.05) is 20.3 Å². The lowest BCUT2D eigenvalue weighted by molar-refractivity contribution is -0.147. The summed E-state index contributed by atoms with van der Waals surface area (Å²) >= 11 is 0. The summed E-state index contributed by atoms with van der Waals surface area (Å²) in [5.74, 6) is -0.0906. The van der Waals surface area contributed by atoms with Gasteiger partial charge in [0, 0.05) is 18.8 Å². The minimum atomic E-state index is -0.889. The number of methoxy groups -OCH3 is 1. The Morgan fingerprint density at radius 3 is 2.37 bits per heavy atom. The summed E-state index contributed by atoms with van der Waals surface area (Å²) in [6, 6.07) is 3.93. The normalized spacial score (nSPS) is 18.1. The predicted molar refractivity (Wildman–Crippen MR) is 71.8 cm³/mol. The van der Waals surface area contributed by atoms with Crippen molar-refractivity contribution in [3.05, 3.63) is 28.8 Å². The average Bonchev–Trinajstić information content (AvgIpc) is 2.41. The fraction of sp³-hybridized carbons (Fsp3) is 0.533. The van der Waals surface area contributed by atoms with Crippen molar-refractivity contribution < 1.29 is 19.4 Å². The van der Waals surface area contributed by atoms with Gasteiger partial charge in [-0.15, -0.1) is 0 Å². The van der Waals surface area contributed by atoms with Gasteiger partial charge in [0.05, 0.1) is 7.11 Å². The number of ether oxygens (including phenoxy) is 2. The first kappa shape index (κ1) is 13.9. The third-order valence-electron chi connectivity index (χ3n) is 4.00. The third-order valence-corrected chi connectivity index (χ3v) is 4.00. The number of carboxylic acids is 1. The monoisotopic (exact) mass is 264 g/mol. The van der Waals surface area contributed by atoms with E-state index in [0.717, 1.165) is 16.7 Å². The lowest BCUT2D eigenvalue weighted by Gasteiger charge is -2.36. The zero-order valence-corrected chi connectivity index (χ0v) is 11.7. The molecule has 0 unspecified atom stereocenters. The number of hydrogen-bond acceptors (Lipinski definition) is 3. The molecule has 0 amide bonds. The Morgan fingerprint density at radius 2 is 1.84 bits per heavy atom. The summed E-state index contributed by atoms with van der Waals surface area (Å²) in [5, 5.41) is 9.77. The van der Waals surface area contributed by atoms with Crippen molar-refractivity contribution in [2.45, 2.75) is 32.1 Å². The van der Waals surface area contributed by atoms with Crippen LogP contribution < -0.4 is 4.74 Å². The fourth-order valence-electron chi connectivity index (χ4n) is 2.93. The Hall–Kier alpha value is -1.55. The largest absolute Gasteiger partial charge is 0.496 e. The summed E-state index contributed by atoms with van der Waals surface area (Å²) in [7, 11) is 1.60. The lowest BCUT2D eigenvalue weighted by Crippen LogP contribution is -2.42. The van der Waals surface area contributed by atoms with Gasteiger partial charge in [-0.05, 0) is 37.8 Å². The third kappa shape index (κ3) is 2.21. The molecule has 104 valence electrons. The van der Waals surface area contributed by atoms with Crippen LogP contribution in [0.1, 0.15) is 29.5 Å². The van der Waals surface area contributed by atoms with Gasteiger partial charge in [0.1, 0.15) is 11.2 Å². The Labute approximate surface area is 113 Å². The highest BCUT2D eigenvalue weighted by Gasteiger charge is 2.45. The van der Waals surface area contributed by atoms with Crippen molar-refractivity contribution >= 4 is 5.97 Å². The van der Waals surface area contributed by atoms with E-state index in [2.05, 4.69) is 0 Å². The molecular weight excluding hydrogens is 244 g/mol. The van der Waals surface area contributed by atoms with Gasteiger partial charge in [-0.3, -0.25) is 4.79 Å². The molecule has 1 aromatic carbocycles. The summed E-state index contributed by atoms with van der Waals surface area (Å²) in [5.41, 5.74) is 1.85. The van der Waals surface area contributed by atoms with E-state index in [-0.39, 0.29) is 0 Å². The van der Waals surface area contributed by atoms with Crippen LogP contribution in [0.4, 0.5) is 0 Å². The van der Waals surface area contributed by atoms with Crippen LogP contribution in [0.5, 0.6) is 5.75 Å². The molecule has 1 saturated heterocycles. The number of rotatable bonds is 3. The molecule has 4 nitrogen and oxygen atoms in total. The molecule has 2 rings (SSSR count). The van der Waals surface area contributed by atoms with Crippen LogP contribution in [-0.4, -0.2) is 31.4 Å². The summed E-state index contributed by atoms with van der Waals surface area (Å²) in [6.07, 6.45) is 0.978. The SMILES string of the molecule is COc1c(C)ccc(C)c1C1(C(=O)O)CCOCC1. The van der Waals surface area contributed by atoms with Gasteiger partial charge in [-0.25, -0.2) is 0 Å². The van der Waals surface area contributed by atoms with Gasteiger partial charge in [0.2, 0.25) is 0 Å². The molecule has 0 atom stereocenters. The number of benzene rings is 1. The number of carboxylic acid groups (broad SMARTS) is 1. The first-order valence-corrected chi connectivity index (χ1v) is 6.49. The summed E-state index contributed by atoms with van der Waals surface area (Å²) in [6.45, 7) is 4.83. The predicted octanol–water partition coefficient (Wildman–Crippen LogP) is 2.44.